The normalized spacial score (nSPS) is 38.2. The van der Waals surface area contributed by atoms with Crippen LogP contribution in [0.2, 0.25) is 0 Å². The van der Waals surface area contributed by atoms with E-state index >= 15 is 0 Å². The Hall–Kier alpha value is -0.210. The van der Waals surface area contributed by atoms with Crippen LogP contribution in [-0.4, -0.2) is 6.18 Å². The molecule has 1 unspecified atom stereocenters. The average molecular weight is 180 g/mol. The summed E-state index contributed by atoms with van der Waals surface area (Å²) in [6, 6.07) is 0. The van der Waals surface area contributed by atoms with Gasteiger partial charge in [-0.15, -0.1) is 0 Å². The fraction of sp³-hybridized carbons (Fsp3) is 1.00. The first-order chi connectivity index (χ1) is 5.41. The van der Waals surface area contributed by atoms with Gasteiger partial charge in [0, 0.05) is 0 Å². The zero-order chi connectivity index (χ0) is 9.35. The highest BCUT2D eigenvalue weighted by molar-refractivity contribution is 4.80. The maximum Gasteiger partial charge on any atom is 0.392 e. The van der Waals surface area contributed by atoms with Crippen LogP contribution < -0.4 is 0 Å². The van der Waals surface area contributed by atoms with E-state index in [-0.39, 0.29) is 11.8 Å². The van der Waals surface area contributed by atoms with E-state index in [1.54, 1.807) is 6.92 Å². The van der Waals surface area contributed by atoms with E-state index < -0.39 is 12.1 Å². The summed E-state index contributed by atoms with van der Waals surface area (Å²) in [4.78, 5) is 0. The minimum Gasteiger partial charge on any atom is -0.171 e. The summed E-state index contributed by atoms with van der Waals surface area (Å²) in [6.45, 7) is 3.62. The molecule has 3 atom stereocenters. The Balaban J connectivity index is 2.61. The van der Waals surface area contributed by atoms with Gasteiger partial charge < -0.3 is 0 Å². The molecule has 0 nitrogen and oxygen atoms in total. The van der Waals surface area contributed by atoms with Crippen LogP contribution in [0.25, 0.3) is 0 Å². The summed E-state index contributed by atoms with van der Waals surface area (Å²) in [5, 5.41) is 0. The molecule has 3 heteroatoms. The predicted octanol–water partition coefficient (Wildman–Crippen LogP) is 3.62. The Morgan fingerprint density at radius 3 is 2.08 bits per heavy atom. The summed E-state index contributed by atoms with van der Waals surface area (Å²) in [6.07, 6.45) is -1.97. The van der Waals surface area contributed by atoms with Crippen molar-refractivity contribution in [2.24, 2.45) is 17.8 Å². The molecule has 0 saturated heterocycles. The summed E-state index contributed by atoms with van der Waals surface area (Å²) in [5.41, 5.74) is 0. The number of halogens is 3. The maximum atomic E-state index is 12.4. The fourth-order valence-corrected chi connectivity index (χ4v) is 1.99. The quantitative estimate of drug-likeness (QED) is 0.534. The largest absolute Gasteiger partial charge is 0.392 e. The summed E-state index contributed by atoms with van der Waals surface area (Å²) >= 11 is 0. The first-order valence-electron chi connectivity index (χ1n) is 4.48. The van der Waals surface area contributed by atoms with E-state index in [0.717, 1.165) is 12.8 Å². The van der Waals surface area contributed by atoms with Gasteiger partial charge in [-0.3, -0.25) is 0 Å². The lowest BCUT2D eigenvalue weighted by molar-refractivity contribution is -0.198. The molecular weight excluding hydrogens is 165 g/mol. The lowest BCUT2D eigenvalue weighted by Gasteiger charge is -2.33. The second-order valence-corrected chi connectivity index (χ2v) is 4.04. The Labute approximate surface area is 71.1 Å². The van der Waals surface area contributed by atoms with Crippen LogP contribution in [0.1, 0.15) is 33.1 Å². The van der Waals surface area contributed by atoms with Crippen LogP contribution >= 0.6 is 0 Å². The van der Waals surface area contributed by atoms with Crippen molar-refractivity contribution < 1.29 is 13.2 Å². The molecule has 0 amide bonds. The second-order valence-electron chi connectivity index (χ2n) is 4.04. The van der Waals surface area contributed by atoms with E-state index in [4.69, 9.17) is 0 Å². The van der Waals surface area contributed by atoms with Gasteiger partial charge in [-0.1, -0.05) is 20.3 Å². The van der Waals surface area contributed by atoms with Gasteiger partial charge in [0.2, 0.25) is 0 Å². The SMILES string of the molecule is CC1CC[C@@H](C)[C@@H](C(F)(F)F)C1. The molecule has 1 aliphatic rings. The monoisotopic (exact) mass is 180 g/mol. The second kappa shape index (κ2) is 3.27. The van der Waals surface area contributed by atoms with Gasteiger partial charge in [0.15, 0.2) is 0 Å². The predicted molar refractivity (Wildman–Crippen MR) is 41.7 cm³/mol. The van der Waals surface area contributed by atoms with Gasteiger partial charge in [0.1, 0.15) is 0 Å². The lowest BCUT2D eigenvalue weighted by atomic mass is 9.75. The first kappa shape index (κ1) is 9.87. The van der Waals surface area contributed by atoms with Crippen LogP contribution in [0.5, 0.6) is 0 Å². The van der Waals surface area contributed by atoms with Crippen LogP contribution in [0, 0.1) is 17.8 Å². The van der Waals surface area contributed by atoms with Gasteiger partial charge >= 0.3 is 6.18 Å². The van der Waals surface area contributed by atoms with Crippen molar-refractivity contribution in [2.45, 2.75) is 39.3 Å². The third-order valence-electron chi connectivity index (χ3n) is 2.88. The van der Waals surface area contributed by atoms with Crippen LogP contribution in [0.15, 0.2) is 0 Å². The number of hydrogen-bond acceptors (Lipinski definition) is 0. The Morgan fingerprint density at radius 1 is 1.08 bits per heavy atom. The highest BCUT2D eigenvalue weighted by Gasteiger charge is 2.44. The van der Waals surface area contributed by atoms with Crippen LogP contribution in [0.3, 0.4) is 0 Å². The highest BCUT2D eigenvalue weighted by Crippen LogP contribution is 2.42. The molecule has 1 fully saturated rings. The van der Waals surface area contributed by atoms with Crippen molar-refractivity contribution >= 4 is 0 Å². The molecule has 0 N–H and O–H groups in total. The molecule has 1 aliphatic carbocycles. The van der Waals surface area contributed by atoms with Crippen molar-refractivity contribution in [1.82, 2.24) is 0 Å². The Kier molecular flexibility index (Phi) is 2.69. The van der Waals surface area contributed by atoms with E-state index in [0.29, 0.717) is 6.42 Å². The fourth-order valence-electron chi connectivity index (χ4n) is 1.99. The number of alkyl halides is 3. The van der Waals surface area contributed by atoms with Crippen molar-refractivity contribution in [2.75, 3.05) is 0 Å². The summed E-state index contributed by atoms with van der Waals surface area (Å²) in [7, 11) is 0. The van der Waals surface area contributed by atoms with Gasteiger partial charge in [-0.05, 0) is 24.7 Å². The summed E-state index contributed by atoms with van der Waals surface area (Å²) in [5.74, 6) is -0.990. The lowest BCUT2D eigenvalue weighted by Crippen LogP contribution is -2.33. The van der Waals surface area contributed by atoms with E-state index in [1.165, 1.54) is 0 Å². The minimum absolute atomic E-state index is 0.179. The van der Waals surface area contributed by atoms with E-state index in [2.05, 4.69) is 0 Å². The molecule has 0 aromatic carbocycles. The Bertz CT molecular complexity index is 150. The maximum absolute atomic E-state index is 12.4. The van der Waals surface area contributed by atoms with E-state index in [1.807, 2.05) is 6.92 Å². The molecular formula is C9H15F3. The zero-order valence-electron chi connectivity index (χ0n) is 7.49. The van der Waals surface area contributed by atoms with Gasteiger partial charge in [-0.2, -0.15) is 13.2 Å². The zero-order valence-corrected chi connectivity index (χ0v) is 7.49. The standard InChI is InChI=1S/C9H15F3/c1-6-3-4-7(2)8(5-6)9(10,11)12/h6-8H,3-5H2,1-2H3/t6?,7-,8+/m1/s1. The summed E-state index contributed by atoms with van der Waals surface area (Å²) < 4.78 is 37.1. The Morgan fingerprint density at radius 2 is 1.67 bits per heavy atom. The highest BCUT2D eigenvalue weighted by atomic mass is 19.4. The molecule has 0 aromatic rings. The molecule has 0 radical (unpaired) electrons. The third-order valence-corrected chi connectivity index (χ3v) is 2.88. The molecule has 72 valence electrons. The molecule has 0 bridgehead atoms. The number of rotatable bonds is 0. The molecule has 0 aliphatic heterocycles. The van der Waals surface area contributed by atoms with Gasteiger partial charge in [0.25, 0.3) is 0 Å². The van der Waals surface area contributed by atoms with Crippen LogP contribution in [0.4, 0.5) is 13.2 Å². The molecule has 0 spiro atoms. The third kappa shape index (κ3) is 2.14. The first-order valence-corrected chi connectivity index (χ1v) is 4.48. The minimum atomic E-state index is -3.98. The molecule has 12 heavy (non-hydrogen) atoms. The molecule has 1 saturated carbocycles. The molecule has 0 aromatic heterocycles. The van der Waals surface area contributed by atoms with Gasteiger partial charge in [-0.25, -0.2) is 0 Å². The average Bonchev–Trinajstić information content (AvgIpc) is 1.92. The smallest absolute Gasteiger partial charge is 0.171 e. The van der Waals surface area contributed by atoms with Crippen LogP contribution in [-0.2, 0) is 0 Å². The van der Waals surface area contributed by atoms with E-state index in [9.17, 15) is 13.2 Å². The van der Waals surface area contributed by atoms with Crippen molar-refractivity contribution in [1.29, 1.82) is 0 Å². The molecule has 0 heterocycles. The molecule has 1 rings (SSSR count). The van der Waals surface area contributed by atoms with Gasteiger partial charge in [0.05, 0.1) is 5.92 Å². The van der Waals surface area contributed by atoms with Crippen molar-refractivity contribution in [3.05, 3.63) is 0 Å². The number of hydrogen-bond donors (Lipinski definition) is 0. The topological polar surface area (TPSA) is 0 Å². The van der Waals surface area contributed by atoms with Crippen molar-refractivity contribution in [3.63, 3.8) is 0 Å². The van der Waals surface area contributed by atoms with Crippen molar-refractivity contribution in [3.8, 4) is 0 Å².